The fourth-order valence-electron chi connectivity index (χ4n) is 2.51. The first-order valence-electron chi connectivity index (χ1n) is 7.00. The molecule has 12 nitrogen and oxygen atoms in total. The summed E-state index contributed by atoms with van der Waals surface area (Å²) in [5.74, 6) is -1.11. The molecule has 1 aliphatic heterocycles. The number of aromatic nitrogens is 4. The van der Waals surface area contributed by atoms with Crippen molar-refractivity contribution < 1.29 is 30.0 Å². The van der Waals surface area contributed by atoms with Crippen molar-refractivity contribution in [2.24, 2.45) is 0 Å². The molecule has 12 heteroatoms. The van der Waals surface area contributed by atoms with Gasteiger partial charge in [0.2, 0.25) is 5.95 Å². The standard InChI is InChI=1S/C12H16N6O6/c13-12-16-9(14-1-5(20)21)6-10(17-12)18(3-15-6)11-8(23)7(22)4(2-19)24-11/h3-4,7-8,11,19,22-23H,1-2H2,(H,20,21)(H3,13,14,16,17). The van der Waals surface area contributed by atoms with Crippen LogP contribution in [0.3, 0.4) is 0 Å². The van der Waals surface area contributed by atoms with Crippen LogP contribution in [0.15, 0.2) is 6.33 Å². The molecule has 0 aliphatic carbocycles. The summed E-state index contributed by atoms with van der Waals surface area (Å²) in [5, 5.41) is 40.4. The van der Waals surface area contributed by atoms with Gasteiger partial charge in [-0.15, -0.1) is 0 Å². The van der Waals surface area contributed by atoms with Gasteiger partial charge < -0.3 is 36.2 Å². The number of aliphatic hydroxyl groups is 3. The van der Waals surface area contributed by atoms with E-state index in [0.717, 1.165) is 0 Å². The highest BCUT2D eigenvalue weighted by atomic mass is 16.6. The number of nitrogens with zero attached hydrogens (tertiary/aromatic N) is 4. The van der Waals surface area contributed by atoms with Gasteiger partial charge >= 0.3 is 5.97 Å². The summed E-state index contributed by atoms with van der Waals surface area (Å²) in [7, 11) is 0. The monoisotopic (exact) mass is 340 g/mol. The normalized spacial score (nSPS) is 26.8. The lowest BCUT2D eigenvalue weighted by atomic mass is 10.1. The van der Waals surface area contributed by atoms with Gasteiger partial charge in [-0.3, -0.25) is 9.36 Å². The van der Waals surface area contributed by atoms with Crippen LogP contribution in [0.4, 0.5) is 11.8 Å². The van der Waals surface area contributed by atoms with Gasteiger partial charge in [0.1, 0.15) is 24.9 Å². The Morgan fingerprint density at radius 2 is 2.12 bits per heavy atom. The molecular weight excluding hydrogens is 324 g/mol. The van der Waals surface area contributed by atoms with Crippen molar-refractivity contribution >= 4 is 28.9 Å². The summed E-state index contributed by atoms with van der Waals surface area (Å²) in [4.78, 5) is 22.7. The molecule has 0 amide bonds. The van der Waals surface area contributed by atoms with Crippen LogP contribution in [-0.4, -0.2) is 77.4 Å². The van der Waals surface area contributed by atoms with Gasteiger partial charge in [-0.25, -0.2) is 4.98 Å². The molecule has 7 N–H and O–H groups in total. The number of aliphatic carboxylic acids is 1. The predicted octanol–water partition coefficient (Wildman–Crippen LogP) is -2.48. The third-order valence-corrected chi connectivity index (χ3v) is 3.64. The summed E-state index contributed by atoms with van der Waals surface area (Å²) in [6, 6.07) is 0. The van der Waals surface area contributed by atoms with E-state index >= 15 is 0 Å². The van der Waals surface area contributed by atoms with Crippen LogP contribution in [0, 0.1) is 0 Å². The zero-order valence-electron chi connectivity index (χ0n) is 12.3. The SMILES string of the molecule is Nc1nc(NCC(=O)O)c2ncn(C3OC(CO)C(O)C3O)c2n1. The minimum absolute atomic E-state index is 0.116. The van der Waals surface area contributed by atoms with Crippen molar-refractivity contribution in [3.8, 4) is 0 Å². The summed E-state index contributed by atoms with van der Waals surface area (Å²) < 4.78 is 6.76. The van der Waals surface area contributed by atoms with Crippen LogP contribution >= 0.6 is 0 Å². The molecule has 0 saturated carbocycles. The highest BCUT2D eigenvalue weighted by molar-refractivity contribution is 5.86. The molecule has 3 rings (SSSR count). The number of hydrogen-bond acceptors (Lipinski definition) is 10. The van der Waals surface area contributed by atoms with Gasteiger partial charge in [0.15, 0.2) is 23.2 Å². The summed E-state index contributed by atoms with van der Waals surface area (Å²) in [6.45, 7) is -0.865. The molecule has 4 unspecified atom stereocenters. The summed E-state index contributed by atoms with van der Waals surface area (Å²) >= 11 is 0. The zero-order chi connectivity index (χ0) is 17.4. The lowest BCUT2D eigenvalue weighted by molar-refractivity contribution is -0.134. The van der Waals surface area contributed by atoms with Gasteiger partial charge in [0, 0.05) is 0 Å². The number of nitrogens with one attached hydrogen (secondary N) is 1. The molecule has 0 bridgehead atoms. The van der Waals surface area contributed by atoms with E-state index in [1.54, 1.807) is 0 Å². The van der Waals surface area contributed by atoms with Crippen LogP contribution in [0.25, 0.3) is 11.2 Å². The van der Waals surface area contributed by atoms with E-state index in [9.17, 15) is 15.0 Å². The first kappa shape index (κ1) is 16.3. The molecule has 0 spiro atoms. The topological polar surface area (TPSA) is 189 Å². The van der Waals surface area contributed by atoms with Gasteiger partial charge in [-0.2, -0.15) is 9.97 Å². The molecule has 2 aromatic heterocycles. The number of hydrogen-bond donors (Lipinski definition) is 6. The number of nitrogen functional groups attached to an aromatic ring is 1. The minimum Gasteiger partial charge on any atom is -0.480 e. The van der Waals surface area contributed by atoms with E-state index < -0.39 is 43.7 Å². The second-order valence-electron chi connectivity index (χ2n) is 5.23. The third-order valence-electron chi connectivity index (χ3n) is 3.64. The second-order valence-corrected chi connectivity index (χ2v) is 5.23. The minimum atomic E-state index is -1.31. The smallest absolute Gasteiger partial charge is 0.322 e. The predicted molar refractivity (Wildman–Crippen MR) is 78.9 cm³/mol. The molecule has 3 heterocycles. The van der Waals surface area contributed by atoms with E-state index in [1.165, 1.54) is 10.9 Å². The van der Waals surface area contributed by atoms with Crippen LogP contribution in [0.1, 0.15) is 6.23 Å². The number of aliphatic hydroxyl groups excluding tert-OH is 3. The largest absolute Gasteiger partial charge is 0.480 e. The molecular formula is C12H16N6O6. The summed E-state index contributed by atoms with van der Waals surface area (Å²) in [5.41, 5.74) is 6.04. The Balaban J connectivity index is 2.00. The van der Waals surface area contributed by atoms with Crippen LogP contribution in [0.2, 0.25) is 0 Å². The highest BCUT2D eigenvalue weighted by Crippen LogP contribution is 2.32. The Kier molecular flexibility index (Phi) is 4.19. The molecule has 1 saturated heterocycles. The number of anilines is 2. The number of carbonyl (C=O) groups is 1. The number of carboxylic acids is 1. The molecule has 0 aromatic carbocycles. The third kappa shape index (κ3) is 2.71. The fourth-order valence-corrected chi connectivity index (χ4v) is 2.51. The Morgan fingerprint density at radius 3 is 2.75 bits per heavy atom. The Labute approximate surface area is 134 Å². The average Bonchev–Trinajstić information content (AvgIpc) is 3.07. The lowest BCUT2D eigenvalue weighted by Gasteiger charge is -2.16. The average molecular weight is 340 g/mol. The quantitative estimate of drug-likeness (QED) is 0.338. The number of carboxylic acid groups (broad SMARTS) is 1. The molecule has 130 valence electrons. The first-order valence-corrected chi connectivity index (χ1v) is 7.00. The van der Waals surface area contributed by atoms with Crippen LogP contribution < -0.4 is 11.1 Å². The molecule has 4 atom stereocenters. The Hall–Kier alpha value is -2.54. The number of fused-ring (bicyclic) bond motifs is 1. The highest BCUT2D eigenvalue weighted by Gasteiger charge is 2.44. The maximum Gasteiger partial charge on any atom is 0.322 e. The molecule has 24 heavy (non-hydrogen) atoms. The van der Waals surface area contributed by atoms with E-state index in [-0.39, 0.29) is 22.9 Å². The van der Waals surface area contributed by atoms with Crippen molar-refractivity contribution in [3.63, 3.8) is 0 Å². The van der Waals surface area contributed by atoms with E-state index in [2.05, 4.69) is 20.3 Å². The zero-order valence-corrected chi connectivity index (χ0v) is 12.3. The lowest BCUT2D eigenvalue weighted by Crippen LogP contribution is -2.33. The maximum atomic E-state index is 10.7. The van der Waals surface area contributed by atoms with Gasteiger partial charge in [0.05, 0.1) is 12.9 Å². The molecule has 1 fully saturated rings. The summed E-state index contributed by atoms with van der Waals surface area (Å²) in [6.07, 6.45) is -3.28. The van der Waals surface area contributed by atoms with Gasteiger partial charge in [-0.1, -0.05) is 0 Å². The van der Waals surface area contributed by atoms with Crippen molar-refractivity contribution in [1.29, 1.82) is 0 Å². The van der Waals surface area contributed by atoms with Crippen LogP contribution in [-0.2, 0) is 9.53 Å². The van der Waals surface area contributed by atoms with Crippen molar-refractivity contribution in [2.45, 2.75) is 24.5 Å². The maximum absolute atomic E-state index is 10.7. The Morgan fingerprint density at radius 1 is 1.38 bits per heavy atom. The van der Waals surface area contributed by atoms with Gasteiger partial charge in [0.25, 0.3) is 0 Å². The van der Waals surface area contributed by atoms with Gasteiger partial charge in [-0.05, 0) is 0 Å². The van der Waals surface area contributed by atoms with E-state index in [4.69, 9.17) is 20.7 Å². The molecule has 1 aliphatic rings. The van der Waals surface area contributed by atoms with Crippen molar-refractivity contribution in [2.75, 3.05) is 24.2 Å². The van der Waals surface area contributed by atoms with Crippen LogP contribution in [0.5, 0.6) is 0 Å². The second kappa shape index (κ2) is 6.16. The Bertz CT molecular complexity index is 766. The molecule has 2 aromatic rings. The number of rotatable bonds is 5. The fraction of sp³-hybridized carbons (Fsp3) is 0.500. The van der Waals surface area contributed by atoms with E-state index in [0.29, 0.717) is 0 Å². The van der Waals surface area contributed by atoms with E-state index in [1.807, 2.05) is 0 Å². The van der Waals surface area contributed by atoms with Crippen molar-refractivity contribution in [1.82, 2.24) is 19.5 Å². The first-order chi connectivity index (χ1) is 11.4. The molecule has 0 radical (unpaired) electrons. The number of imidazole rings is 1. The van der Waals surface area contributed by atoms with Crippen molar-refractivity contribution in [3.05, 3.63) is 6.33 Å². The number of ether oxygens (including phenoxy) is 1. The number of nitrogens with two attached hydrogens (primary N) is 1.